The van der Waals surface area contributed by atoms with Crippen LogP contribution in [0.25, 0.3) is 0 Å². The quantitative estimate of drug-likeness (QED) is 0.380. The molecule has 0 atom stereocenters. The minimum absolute atomic E-state index is 0.0899. The van der Waals surface area contributed by atoms with Crippen LogP contribution in [-0.4, -0.2) is 22.3 Å². The molecule has 74 valence electrons. The number of ether oxygens (including phenoxy) is 1. The van der Waals surface area contributed by atoms with Gasteiger partial charge in [0.05, 0.1) is 0 Å². The van der Waals surface area contributed by atoms with Crippen molar-refractivity contribution >= 4 is 12.1 Å². The smallest absolute Gasteiger partial charge is 0.508 e. The molecule has 5 nitrogen and oxygen atoms in total. The number of aromatic hydroxyl groups is 1. The first-order valence-electron chi connectivity index (χ1n) is 3.84. The number of nitrogens with one attached hydrogen (secondary N) is 1. The minimum atomic E-state index is -1.49. The molecule has 0 aliphatic carbocycles. The van der Waals surface area contributed by atoms with Crippen LogP contribution in [0.4, 0.5) is 4.79 Å². The van der Waals surface area contributed by atoms with Crippen molar-refractivity contribution in [2.45, 2.75) is 6.42 Å². The Morgan fingerprint density at radius 3 is 2.43 bits per heavy atom. The molecule has 0 aromatic heterocycles. The van der Waals surface area contributed by atoms with E-state index in [1.54, 1.807) is 12.1 Å². The van der Waals surface area contributed by atoms with Crippen LogP contribution in [0.1, 0.15) is 5.56 Å². The molecule has 14 heavy (non-hydrogen) atoms. The topological polar surface area (TPSA) is 90.6 Å². The minimum Gasteiger partial charge on any atom is -0.508 e. The van der Waals surface area contributed by atoms with Crippen LogP contribution in [0.5, 0.6) is 5.75 Å². The van der Waals surface area contributed by atoms with Crippen molar-refractivity contribution in [3.05, 3.63) is 29.8 Å². The van der Waals surface area contributed by atoms with Gasteiger partial charge >= 0.3 is 6.16 Å². The third-order valence-electron chi connectivity index (χ3n) is 1.51. The second-order valence-electron chi connectivity index (χ2n) is 2.63. The molecular weight excluding hydrogens is 186 g/mol. The van der Waals surface area contributed by atoms with E-state index < -0.39 is 6.16 Å². The van der Waals surface area contributed by atoms with Crippen LogP contribution in [0.3, 0.4) is 0 Å². The highest BCUT2D eigenvalue weighted by Gasteiger charge is 2.05. The average molecular weight is 195 g/mol. The molecule has 0 amide bonds. The van der Waals surface area contributed by atoms with Gasteiger partial charge in [-0.25, -0.2) is 4.79 Å². The molecule has 0 heterocycles. The third kappa shape index (κ3) is 3.14. The van der Waals surface area contributed by atoms with Crippen LogP contribution in [-0.2, 0) is 11.2 Å². The van der Waals surface area contributed by atoms with E-state index >= 15 is 0 Å². The van der Waals surface area contributed by atoms with Crippen LogP contribution >= 0.6 is 0 Å². The van der Waals surface area contributed by atoms with E-state index in [4.69, 9.17) is 15.6 Å². The van der Waals surface area contributed by atoms with Gasteiger partial charge < -0.3 is 14.9 Å². The normalized spacial score (nSPS) is 9.43. The third-order valence-corrected chi connectivity index (χ3v) is 1.51. The number of hydrogen-bond acceptors (Lipinski definition) is 4. The summed E-state index contributed by atoms with van der Waals surface area (Å²) in [5.41, 5.74) is 0.703. The Labute approximate surface area is 80.1 Å². The van der Waals surface area contributed by atoms with E-state index in [1.807, 2.05) is 0 Å². The molecule has 1 aromatic rings. The summed E-state index contributed by atoms with van der Waals surface area (Å²) in [7, 11) is 0. The molecule has 0 bridgehead atoms. The molecule has 1 aromatic carbocycles. The lowest BCUT2D eigenvalue weighted by atomic mass is 10.1. The van der Waals surface area contributed by atoms with Gasteiger partial charge in [-0.1, -0.05) is 12.1 Å². The molecule has 0 fully saturated rings. The first kappa shape index (κ1) is 10.0. The summed E-state index contributed by atoms with van der Waals surface area (Å²) < 4.78 is 4.12. The van der Waals surface area contributed by atoms with Crippen molar-refractivity contribution in [1.82, 2.24) is 0 Å². The zero-order chi connectivity index (χ0) is 10.6. The van der Waals surface area contributed by atoms with Crippen molar-refractivity contribution in [3.63, 3.8) is 0 Å². The first-order chi connectivity index (χ1) is 6.58. The van der Waals surface area contributed by atoms with Crippen molar-refractivity contribution in [1.29, 1.82) is 5.41 Å². The Bertz CT molecular complexity index is 344. The van der Waals surface area contributed by atoms with Gasteiger partial charge in [-0.05, 0) is 17.7 Å². The molecule has 0 aliphatic rings. The van der Waals surface area contributed by atoms with Crippen molar-refractivity contribution in [2.24, 2.45) is 0 Å². The molecule has 0 radical (unpaired) electrons. The van der Waals surface area contributed by atoms with Crippen molar-refractivity contribution < 1.29 is 19.7 Å². The molecule has 0 saturated carbocycles. The van der Waals surface area contributed by atoms with E-state index in [2.05, 4.69) is 4.74 Å². The Morgan fingerprint density at radius 1 is 1.36 bits per heavy atom. The summed E-state index contributed by atoms with van der Waals surface area (Å²) >= 11 is 0. The van der Waals surface area contributed by atoms with E-state index in [9.17, 15) is 4.79 Å². The van der Waals surface area contributed by atoms with Gasteiger partial charge in [-0.15, -0.1) is 0 Å². The SMILES string of the molecule is N=C(Cc1ccc(O)cc1)OC(=O)O. The molecular formula is C9H9NO4. The number of phenols is 1. The number of hydrogen-bond donors (Lipinski definition) is 3. The maximum absolute atomic E-state index is 10.1. The van der Waals surface area contributed by atoms with Gasteiger partial charge in [0.25, 0.3) is 0 Å². The highest BCUT2D eigenvalue weighted by Crippen LogP contribution is 2.10. The number of phenolic OH excluding ortho intramolecular Hbond substituents is 1. The molecule has 5 heteroatoms. The van der Waals surface area contributed by atoms with E-state index in [0.29, 0.717) is 5.56 Å². The fourth-order valence-corrected chi connectivity index (χ4v) is 0.941. The predicted molar refractivity (Wildman–Crippen MR) is 48.6 cm³/mol. The Balaban J connectivity index is 2.56. The number of carbonyl (C=O) groups is 1. The molecule has 0 spiro atoms. The Hall–Kier alpha value is -2.04. The van der Waals surface area contributed by atoms with Crippen LogP contribution in [0.15, 0.2) is 24.3 Å². The lowest BCUT2D eigenvalue weighted by Crippen LogP contribution is -2.11. The number of carboxylic acid groups (broad SMARTS) is 1. The Morgan fingerprint density at radius 2 is 1.93 bits per heavy atom. The predicted octanol–water partition coefficient (Wildman–Crippen LogP) is 1.61. The van der Waals surface area contributed by atoms with Crippen LogP contribution < -0.4 is 0 Å². The fraction of sp³-hybridized carbons (Fsp3) is 0.111. The molecule has 1 rings (SSSR count). The lowest BCUT2D eigenvalue weighted by Gasteiger charge is -2.02. The fourth-order valence-electron chi connectivity index (χ4n) is 0.941. The molecule has 3 N–H and O–H groups in total. The number of benzene rings is 1. The van der Waals surface area contributed by atoms with Crippen molar-refractivity contribution in [2.75, 3.05) is 0 Å². The van der Waals surface area contributed by atoms with E-state index in [0.717, 1.165) is 0 Å². The highest BCUT2D eigenvalue weighted by atomic mass is 16.7. The second-order valence-corrected chi connectivity index (χ2v) is 2.63. The standard InChI is InChI=1S/C9H9NO4/c10-8(14-9(12)13)5-6-1-3-7(11)4-2-6/h1-4,10-11H,5H2,(H,12,13). The Kier molecular flexibility index (Phi) is 3.06. The first-order valence-corrected chi connectivity index (χ1v) is 3.84. The van der Waals surface area contributed by atoms with Gasteiger partial charge in [-0.3, -0.25) is 5.41 Å². The van der Waals surface area contributed by atoms with Crippen molar-refractivity contribution in [3.8, 4) is 5.75 Å². The van der Waals surface area contributed by atoms with E-state index in [1.165, 1.54) is 12.1 Å². The van der Waals surface area contributed by atoms with Gasteiger partial charge in [0.1, 0.15) is 5.75 Å². The summed E-state index contributed by atoms with van der Waals surface area (Å²) in [5.74, 6) is -0.220. The molecule has 0 aliphatic heterocycles. The molecule has 0 saturated heterocycles. The summed E-state index contributed by atoms with van der Waals surface area (Å²) in [6.45, 7) is 0. The summed E-state index contributed by atoms with van der Waals surface area (Å²) in [6, 6.07) is 6.11. The van der Waals surface area contributed by atoms with Crippen LogP contribution in [0, 0.1) is 5.41 Å². The summed E-state index contributed by atoms with van der Waals surface area (Å²) in [6.07, 6.45) is -1.40. The maximum Gasteiger partial charge on any atom is 0.512 e. The van der Waals surface area contributed by atoms with Gasteiger partial charge in [0, 0.05) is 6.42 Å². The number of rotatable bonds is 2. The van der Waals surface area contributed by atoms with Gasteiger partial charge in [0.2, 0.25) is 0 Å². The van der Waals surface area contributed by atoms with Gasteiger partial charge in [0.15, 0.2) is 5.90 Å². The summed E-state index contributed by atoms with van der Waals surface area (Å²) in [4.78, 5) is 10.1. The average Bonchev–Trinajstić information content (AvgIpc) is 2.07. The maximum atomic E-state index is 10.1. The lowest BCUT2D eigenvalue weighted by molar-refractivity contribution is 0.139. The molecule has 0 unspecified atom stereocenters. The van der Waals surface area contributed by atoms with Crippen LogP contribution in [0.2, 0.25) is 0 Å². The zero-order valence-electron chi connectivity index (χ0n) is 7.23. The highest BCUT2D eigenvalue weighted by molar-refractivity contribution is 5.84. The second kappa shape index (κ2) is 4.27. The monoisotopic (exact) mass is 195 g/mol. The largest absolute Gasteiger partial charge is 0.512 e. The summed E-state index contributed by atoms with van der Waals surface area (Å²) in [5, 5.41) is 24.3. The van der Waals surface area contributed by atoms with Gasteiger partial charge in [-0.2, -0.15) is 0 Å². The van der Waals surface area contributed by atoms with E-state index in [-0.39, 0.29) is 18.1 Å². The zero-order valence-corrected chi connectivity index (χ0v) is 7.23.